The topological polar surface area (TPSA) is 153 Å². The van der Waals surface area contributed by atoms with Gasteiger partial charge in [0.05, 0.1) is 17.7 Å². The summed E-state index contributed by atoms with van der Waals surface area (Å²) in [5.41, 5.74) is 12.4. The molecule has 0 saturated carbocycles. The number of nitrogens with two attached hydrogens (primary N) is 2. The van der Waals surface area contributed by atoms with Crippen LogP contribution in [0.25, 0.3) is 22.5 Å². The van der Waals surface area contributed by atoms with Gasteiger partial charge < -0.3 is 30.2 Å². The first-order valence-electron chi connectivity index (χ1n) is 11.6. The summed E-state index contributed by atoms with van der Waals surface area (Å²) in [6.45, 7) is 8.02. The Morgan fingerprint density at radius 1 is 1.08 bits per heavy atom. The lowest BCUT2D eigenvalue weighted by atomic mass is 9.96. The number of rotatable bonds is 10. The first-order valence-corrected chi connectivity index (χ1v) is 11.6. The molecule has 2 atom stereocenters. The summed E-state index contributed by atoms with van der Waals surface area (Å²) in [6.07, 6.45) is 2.62. The molecule has 2 aromatic heterocycles. The number of hydrogen-bond donors (Lipinski definition) is 2. The van der Waals surface area contributed by atoms with Crippen molar-refractivity contribution in [3.8, 4) is 34.1 Å². The molecule has 2 unspecified atom stereocenters. The molecular weight excluding hydrogens is 464 g/mol. The van der Waals surface area contributed by atoms with Crippen molar-refractivity contribution in [2.24, 2.45) is 23.3 Å². The zero-order valence-corrected chi connectivity index (χ0v) is 20.9. The number of aromatic nitrogens is 2. The standard InChI is InChI=1S/C26H32N4O6/c1-16(14-27)11-19(24(31)35-26(2,3)4)15-33-21-6-5-17(12-20(21)22-8-10-30-36-22)18-7-9-29-23(13-18)34-25(28)32/h5-10,12-13,16,19H,11,14-15,27H2,1-4H3,(H2,28,32). The summed E-state index contributed by atoms with van der Waals surface area (Å²) in [7, 11) is 0. The Morgan fingerprint density at radius 3 is 2.47 bits per heavy atom. The van der Waals surface area contributed by atoms with Gasteiger partial charge in [-0.05, 0) is 69.0 Å². The van der Waals surface area contributed by atoms with Gasteiger partial charge in [0.25, 0.3) is 0 Å². The van der Waals surface area contributed by atoms with Crippen molar-refractivity contribution >= 4 is 12.1 Å². The van der Waals surface area contributed by atoms with E-state index in [4.69, 9.17) is 30.2 Å². The van der Waals surface area contributed by atoms with Gasteiger partial charge in [-0.3, -0.25) is 4.79 Å². The average Bonchev–Trinajstić information content (AvgIpc) is 3.35. The lowest BCUT2D eigenvalue weighted by molar-refractivity contribution is -0.161. The maximum atomic E-state index is 12.9. The second-order valence-corrected chi connectivity index (χ2v) is 9.51. The predicted octanol–water partition coefficient (Wildman–Crippen LogP) is 4.18. The predicted molar refractivity (Wildman–Crippen MR) is 133 cm³/mol. The molecule has 10 heteroatoms. The van der Waals surface area contributed by atoms with Gasteiger partial charge in [-0.1, -0.05) is 18.1 Å². The van der Waals surface area contributed by atoms with E-state index in [-0.39, 0.29) is 24.4 Å². The van der Waals surface area contributed by atoms with Gasteiger partial charge in [0.2, 0.25) is 5.88 Å². The normalized spacial score (nSPS) is 13.0. The van der Waals surface area contributed by atoms with Gasteiger partial charge in [0.1, 0.15) is 18.0 Å². The van der Waals surface area contributed by atoms with Crippen LogP contribution in [0.2, 0.25) is 0 Å². The lowest BCUT2D eigenvalue weighted by Gasteiger charge is -2.25. The van der Waals surface area contributed by atoms with E-state index in [1.165, 1.54) is 12.4 Å². The summed E-state index contributed by atoms with van der Waals surface area (Å²) in [6, 6.07) is 10.5. The smallest absolute Gasteiger partial charge is 0.411 e. The van der Waals surface area contributed by atoms with Crippen LogP contribution in [0.3, 0.4) is 0 Å². The number of amides is 1. The van der Waals surface area contributed by atoms with Gasteiger partial charge in [0, 0.05) is 18.3 Å². The fourth-order valence-corrected chi connectivity index (χ4v) is 3.52. The molecule has 0 saturated heterocycles. The molecule has 0 aliphatic carbocycles. The van der Waals surface area contributed by atoms with E-state index in [0.717, 1.165) is 11.1 Å². The third-order valence-electron chi connectivity index (χ3n) is 5.23. The molecular formula is C26H32N4O6. The minimum atomic E-state index is -0.950. The molecule has 3 rings (SSSR count). The van der Waals surface area contributed by atoms with Crippen LogP contribution in [0.5, 0.6) is 11.6 Å². The molecule has 10 nitrogen and oxygen atoms in total. The van der Waals surface area contributed by atoms with Crippen LogP contribution in [-0.2, 0) is 9.53 Å². The van der Waals surface area contributed by atoms with E-state index in [1.807, 2.05) is 39.8 Å². The van der Waals surface area contributed by atoms with E-state index in [0.29, 0.717) is 30.0 Å². The van der Waals surface area contributed by atoms with Crippen LogP contribution in [0.1, 0.15) is 34.1 Å². The number of esters is 1. The Balaban J connectivity index is 1.89. The number of nitrogens with zero attached hydrogens (tertiary/aromatic N) is 2. The molecule has 0 fully saturated rings. The number of ether oxygens (including phenoxy) is 3. The molecule has 2 heterocycles. The van der Waals surface area contributed by atoms with Gasteiger partial charge in [-0.25, -0.2) is 9.78 Å². The van der Waals surface area contributed by atoms with Gasteiger partial charge in [-0.2, -0.15) is 0 Å². The molecule has 192 valence electrons. The molecule has 0 spiro atoms. The highest BCUT2D eigenvalue weighted by Crippen LogP contribution is 2.35. The molecule has 36 heavy (non-hydrogen) atoms. The highest BCUT2D eigenvalue weighted by molar-refractivity contribution is 5.76. The van der Waals surface area contributed by atoms with Crippen molar-refractivity contribution < 1.29 is 28.3 Å². The molecule has 4 N–H and O–H groups in total. The summed E-state index contributed by atoms with van der Waals surface area (Å²) in [4.78, 5) is 27.9. The van der Waals surface area contributed by atoms with Crippen molar-refractivity contribution in [2.75, 3.05) is 13.2 Å². The van der Waals surface area contributed by atoms with Crippen molar-refractivity contribution in [1.29, 1.82) is 0 Å². The Labute approximate surface area is 209 Å². The average molecular weight is 497 g/mol. The fourth-order valence-electron chi connectivity index (χ4n) is 3.52. The fraction of sp³-hybridized carbons (Fsp3) is 0.385. The third kappa shape index (κ3) is 7.54. The van der Waals surface area contributed by atoms with Crippen molar-refractivity contribution in [3.63, 3.8) is 0 Å². The summed E-state index contributed by atoms with van der Waals surface area (Å²) < 4.78 is 22.0. The first kappa shape index (κ1) is 26.7. The molecule has 0 radical (unpaired) electrons. The Hall–Kier alpha value is -3.92. The molecule has 0 aliphatic heterocycles. The maximum Gasteiger partial charge on any atom is 0.411 e. The SMILES string of the molecule is CC(CN)CC(COc1ccc(-c2ccnc(OC(N)=O)c2)cc1-c1ccno1)C(=O)OC(C)(C)C. The van der Waals surface area contributed by atoms with Gasteiger partial charge >= 0.3 is 12.1 Å². The van der Waals surface area contributed by atoms with Crippen molar-refractivity contribution in [1.82, 2.24) is 10.1 Å². The number of pyridine rings is 1. The molecule has 3 aromatic rings. The molecule has 1 amide bonds. The second-order valence-electron chi connectivity index (χ2n) is 9.51. The van der Waals surface area contributed by atoms with Gasteiger partial charge in [-0.15, -0.1) is 0 Å². The first-order chi connectivity index (χ1) is 17.1. The summed E-state index contributed by atoms with van der Waals surface area (Å²) in [5.74, 6) is 0.352. The van der Waals surface area contributed by atoms with Crippen LogP contribution in [0.4, 0.5) is 4.79 Å². The van der Waals surface area contributed by atoms with E-state index in [2.05, 4.69) is 10.1 Å². The van der Waals surface area contributed by atoms with E-state index in [9.17, 15) is 9.59 Å². The zero-order valence-electron chi connectivity index (χ0n) is 20.9. The minimum absolute atomic E-state index is 0.0794. The lowest BCUT2D eigenvalue weighted by Crippen LogP contribution is -2.33. The maximum absolute atomic E-state index is 12.9. The number of hydrogen-bond acceptors (Lipinski definition) is 9. The number of primary amides is 1. The number of carbonyl (C=O) groups excluding carboxylic acids is 2. The Morgan fingerprint density at radius 2 is 1.83 bits per heavy atom. The van der Waals surface area contributed by atoms with E-state index >= 15 is 0 Å². The van der Waals surface area contributed by atoms with Crippen LogP contribution in [-0.4, -0.2) is 41.0 Å². The van der Waals surface area contributed by atoms with Gasteiger partial charge in [0.15, 0.2) is 5.76 Å². The summed E-state index contributed by atoms with van der Waals surface area (Å²) >= 11 is 0. The van der Waals surface area contributed by atoms with E-state index < -0.39 is 17.6 Å². The van der Waals surface area contributed by atoms with Crippen LogP contribution in [0, 0.1) is 11.8 Å². The molecule has 0 bridgehead atoms. The van der Waals surface area contributed by atoms with Crippen LogP contribution >= 0.6 is 0 Å². The monoisotopic (exact) mass is 496 g/mol. The zero-order chi connectivity index (χ0) is 26.3. The van der Waals surface area contributed by atoms with Crippen molar-refractivity contribution in [3.05, 3.63) is 48.8 Å². The second kappa shape index (κ2) is 11.7. The summed E-state index contributed by atoms with van der Waals surface area (Å²) in [5, 5.41) is 3.80. The highest BCUT2D eigenvalue weighted by atomic mass is 16.6. The van der Waals surface area contributed by atoms with E-state index in [1.54, 1.807) is 24.3 Å². The van der Waals surface area contributed by atoms with Crippen molar-refractivity contribution in [2.45, 2.75) is 39.7 Å². The quantitative estimate of drug-likeness (QED) is 0.393. The molecule has 0 aliphatic rings. The third-order valence-corrected chi connectivity index (χ3v) is 5.23. The van der Waals surface area contributed by atoms with Crippen LogP contribution in [0.15, 0.2) is 53.3 Å². The largest absolute Gasteiger partial charge is 0.492 e. The molecule has 1 aromatic carbocycles. The minimum Gasteiger partial charge on any atom is -0.492 e. The number of carbonyl (C=O) groups is 2. The Bertz CT molecular complexity index is 1170. The number of benzene rings is 1. The Kier molecular flexibility index (Phi) is 8.65. The highest BCUT2D eigenvalue weighted by Gasteiger charge is 2.28. The van der Waals surface area contributed by atoms with Crippen LogP contribution < -0.4 is 20.9 Å².